The molecule has 0 N–H and O–H groups in total. The third kappa shape index (κ3) is 3.35. The molecule has 28 heavy (non-hydrogen) atoms. The Kier molecular flexibility index (Phi) is 4.48. The second-order valence-electron chi connectivity index (χ2n) is 7.22. The van der Waals surface area contributed by atoms with Crippen molar-refractivity contribution in [2.24, 2.45) is 0 Å². The van der Waals surface area contributed by atoms with Gasteiger partial charge in [-0.05, 0) is 29.7 Å². The molecule has 0 saturated carbocycles. The largest absolute Gasteiger partial charge is 0.353 e. The predicted octanol–water partition coefficient (Wildman–Crippen LogP) is 2.16. The molecule has 0 radical (unpaired) electrons. The van der Waals surface area contributed by atoms with Crippen molar-refractivity contribution in [2.75, 3.05) is 47.4 Å². The minimum atomic E-state index is 0.721. The first-order chi connectivity index (χ1) is 13.9. The van der Waals surface area contributed by atoms with Crippen LogP contribution in [0.15, 0.2) is 54.9 Å². The Morgan fingerprint density at radius 3 is 2.25 bits per heavy atom. The molecule has 0 unspecified atom stereocenters. The third-order valence-corrected chi connectivity index (χ3v) is 5.53. The second kappa shape index (κ2) is 7.42. The lowest BCUT2D eigenvalue weighted by molar-refractivity contribution is 0.634. The first-order valence-corrected chi connectivity index (χ1v) is 9.79. The van der Waals surface area contributed by atoms with E-state index in [0.717, 1.165) is 63.3 Å². The van der Waals surface area contributed by atoms with E-state index in [1.54, 1.807) is 6.20 Å². The monoisotopic (exact) mass is 373 g/mol. The van der Waals surface area contributed by atoms with Gasteiger partial charge in [-0.3, -0.25) is 0 Å². The molecule has 142 valence electrons. The molecule has 0 amide bonds. The van der Waals surface area contributed by atoms with Crippen molar-refractivity contribution >= 4 is 17.6 Å². The molecule has 0 aliphatic carbocycles. The average molecular weight is 373 g/mol. The topological polar surface area (TPSA) is 61.3 Å². The first-order valence-electron chi connectivity index (χ1n) is 9.79. The Labute approximate surface area is 164 Å². The van der Waals surface area contributed by atoms with Crippen molar-refractivity contribution < 1.29 is 0 Å². The van der Waals surface area contributed by atoms with E-state index >= 15 is 0 Å². The van der Waals surface area contributed by atoms with Crippen LogP contribution in [0.4, 0.5) is 17.6 Å². The molecule has 2 aliphatic heterocycles. The molecule has 2 aromatic heterocycles. The molecule has 1 saturated heterocycles. The highest BCUT2D eigenvalue weighted by Crippen LogP contribution is 2.23. The van der Waals surface area contributed by atoms with Crippen molar-refractivity contribution in [3.8, 4) is 0 Å². The van der Waals surface area contributed by atoms with E-state index in [1.807, 2.05) is 18.3 Å². The zero-order valence-electron chi connectivity index (χ0n) is 15.8. The summed E-state index contributed by atoms with van der Waals surface area (Å²) in [4.78, 5) is 16.1. The molecule has 1 aromatic carbocycles. The number of fused-ring (bicyclic) bond motifs is 1. The molecule has 3 aromatic rings. The second-order valence-corrected chi connectivity index (χ2v) is 7.22. The quantitative estimate of drug-likeness (QED) is 0.697. The summed E-state index contributed by atoms with van der Waals surface area (Å²) in [5.74, 6) is 2.67. The van der Waals surface area contributed by atoms with Crippen molar-refractivity contribution in [1.29, 1.82) is 0 Å². The van der Waals surface area contributed by atoms with Gasteiger partial charge in [0.25, 0.3) is 0 Å². The first kappa shape index (κ1) is 16.9. The van der Waals surface area contributed by atoms with Gasteiger partial charge < -0.3 is 14.7 Å². The zero-order valence-corrected chi connectivity index (χ0v) is 15.8. The number of rotatable bonds is 3. The summed E-state index contributed by atoms with van der Waals surface area (Å²) >= 11 is 0. The maximum absolute atomic E-state index is 4.83. The number of hydrogen-bond acceptors (Lipinski definition) is 7. The molecule has 7 heteroatoms. The molecule has 2 aliphatic rings. The van der Waals surface area contributed by atoms with Crippen molar-refractivity contribution in [3.05, 3.63) is 66.0 Å². The van der Waals surface area contributed by atoms with Crippen LogP contribution in [0, 0.1) is 0 Å². The summed E-state index contributed by atoms with van der Waals surface area (Å²) in [6.07, 6.45) is 4.64. The van der Waals surface area contributed by atoms with Crippen LogP contribution < -0.4 is 14.7 Å². The van der Waals surface area contributed by atoms with Crippen LogP contribution in [0.1, 0.15) is 11.1 Å². The van der Waals surface area contributed by atoms with Crippen molar-refractivity contribution in [3.63, 3.8) is 0 Å². The molecule has 4 heterocycles. The SMILES string of the molecule is c1ccc(N2CCN(c3cnnc(N4CCc5ccccc5C4)n3)CC2)nc1. The van der Waals surface area contributed by atoms with Gasteiger partial charge in [0.15, 0.2) is 5.82 Å². The van der Waals surface area contributed by atoms with Gasteiger partial charge in [-0.1, -0.05) is 30.3 Å². The Hall–Kier alpha value is -3.22. The highest BCUT2D eigenvalue weighted by molar-refractivity contribution is 5.47. The summed E-state index contributed by atoms with van der Waals surface area (Å²) in [6, 6.07) is 14.7. The fourth-order valence-corrected chi connectivity index (χ4v) is 3.94. The number of anilines is 3. The fraction of sp³-hybridized carbons (Fsp3) is 0.333. The lowest BCUT2D eigenvalue weighted by Crippen LogP contribution is -2.47. The minimum Gasteiger partial charge on any atom is -0.353 e. The maximum Gasteiger partial charge on any atom is 0.247 e. The van der Waals surface area contributed by atoms with Crippen molar-refractivity contribution in [1.82, 2.24) is 20.2 Å². The van der Waals surface area contributed by atoms with Crippen LogP contribution in [-0.4, -0.2) is 52.9 Å². The van der Waals surface area contributed by atoms with Gasteiger partial charge in [0.2, 0.25) is 5.95 Å². The van der Waals surface area contributed by atoms with Gasteiger partial charge in [0.05, 0.1) is 6.20 Å². The molecule has 0 spiro atoms. The molecule has 7 nitrogen and oxygen atoms in total. The highest BCUT2D eigenvalue weighted by Gasteiger charge is 2.22. The minimum absolute atomic E-state index is 0.721. The van der Waals surface area contributed by atoms with Crippen LogP contribution in [0.2, 0.25) is 0 Å². The van der Waals surface area contributed by atoms with E-state index < -0.39 is 0 Å². The molecule has 0 atom stereocenters. The smallest absolute Gasteiger partial charge is 0.247 e. The summed E-state index contributed by atoms with van der Waals surface area (Å²) in [6.45, 7) is 5.42. The van der Waals surface area contributed by atoms with E-state index in [4.69, 9.17) is 4.98 Å². The van der Waals surface area contributed by atoms with E-state index in [0.29, 0.717) is 0 Å². The maximum atomic E-state index is 4.83. The molecular weight excluding hydrogens is 350 g/mol. The lowest BCUT2D eigenvalue weighted by atomic mass is 10.0. The van der Waals surface area contributed by atoms with Crippen LogP contribution >= 0.6 is 0 Å². The third-order valence-electron chi connectivity index (χ3n) is 5.53. The van der Waals surface area contributed by atoms with Gasteiger partial charge in [-0.15, -0.1) is 5.10 Å². The van der Waals surface area contributed by atoms with Crippen LogP contribution in [0.25, 0.3) is 0 Å². The predicted molar refractivity (Wildman–Crippen MR) is 110 cm³/mol. The Balaban J connectivity index is 1.28. The van der Waals surface area contributed by atoms with Crippen LogP contribution in [0.5, 0.6) is 0 Å². The van der Waals surface area contributed by atoms with E-state index in [2.05, 4.69) is 60.2 Å². The molecule has 0 bridgehead atoms. The molecule has 1 fully saturated rings. The van der Waals surface area contributed by atoms with Gasteiger partial charge in [-0.25, -0.2) is 4.98 Å². The number of aromatic nitrogens is 4. The highest BCUT2D eigenvalue weighted by atomic mass is 15.4. The van der Waals surface area contributed by atoms with Gasteiger partial charge in [0.1, 0.15) is 5.82 Å². The number of pyridine rings is 1. The average Bonchev–Trinajstić information content (AvgIpc) is 2.79. The van der Waals surface area contributed by atoms with Gasteiger partial charge in [-0.2, -0.15) is 10.1 Å². The number of piperazine rings is 1. The Morgan fingerprint density at radius 2 is 1.46 bits per heavy atom. The van der Waals surface area contributed by atoms with E-state index in [9.17, 15) is 0 Å². The zero-order chi connectivity index (χ0) is 18.8. The van der Waals surface area contributed by atoms with Crippen LogP contribution in [0.3, 0.4) is 0 Å². The van der Waals surface area contributed by atoms with Crippen LogP contribution in [-0.2, 0) is 13.0 Å². The van der Waals surface area contributed by atoms with E-state index in [1.165, 1.54) is 11.1 Å². The molecule has 5 rings (SSSR count). The molecular formula is C21H23N7. The van der Waals surface area contributed by atoms with E-state index in [-0.39, 0.29) is 0 Å². The standard InChI is InChI=1S/C21H23N7/c1-2-6-18-16-28(10-8-17(18)5-1)21-24-20(15-23-25-21)27-13-11-26(12-14-27)19-7-3-4-9-22-19/h1-7,9,15H,8,10-14,16H2. The Morgan fingerprint density at radius 1 is 0.714 bits per heavy atom. The number of benzene rings is 1. The Bertz CT molecular complexity index is 938. The normalized spacial score (nSPS) is 16.8. The van der Waals surface area contributed by atoms with Gasteiger partial charge in [0, 0.05) is 45.5 Å². The van der Waals surface area contributed by atoms with Crippen molar-refractivity contribution in [2.45, 2.75) is 13.0 Å². The summed E-state index contributed by atoms with van der Waals surface area (Å²) < 4.78 is 0. The number of nitrogens with zero attached hydrogens (tertiary/aromatic N) is 7. The summed E-state index contributed by atoms with van der Waals surface area (Å²) in [7, 11) is 0. The fourth-order valence-electron chi connectivity index (χ4n) is 3.94. The summed E-state index contributed by atoms with van der Waals surface area (Å²) in [5, 5.41) is 8.56. The summed E-state index contributed by atoms with van der Waals surface area (Å²) in [5.41, 5.74) is 2.78. The van der Waals surface area contributed by atoms with Gasteiger partial charge >= 0.3 is 0 Å². The lowest BCUT2D eigenvalue weighted by Gasteiger charge is -2.36. The number of hydrogen-bond donors (Lipinski definition) is 0.